The fraction of sp³-hybridized carbons (Fsp3) is 0.471. The number of rotatable bonds is 6. The van der Waals surface area contributed by atoms with Gasteiger partial charge < -0.3 is 15.0 Å². The number of likely N-dealkylation sites (N-methyl/N-ethyl adjacent to an activating group) is 1. The molecule has 1 atom stereocenters. The van der Waals surface area contributed by atoms with E-state index in [1.807, 2.05) is 43.3 Å². The van der Waals surface area contributed by atoms with E-state index in [1.165, 1.54) is 5.01 Å². The lowest BCUT2D eigenvalue weighted by atomic mass is 10.1. The first kappa shape index (κ1) is 17.9. The van der Waals surface area contributed by atoms with Crippen LogP contribution < -0.4 is 10.1 Å². The molecule has 0 saturated carbocycles. The smallest absolute Gasteiger partial charge is 0.267 e. The number of carbonyl (C=O) groups excluding carboxylic acids is 2. The summed E-state index contributed by atoms with van der Waals surface area (Å²) in [6.07, 6.45) is 0.697. The molecule has 1 heterocycles. The maximum atomic E-state index is 12.3. The maximum Gasteiger partial charge on any atom is 0.267 e. The number of nitrogens with zero attached hydrogens (tertiary/aromatic N) is 3. The SMILES string of the molecule is COc1ccc([C@H](CNC(=O)C2=NN(C)C(=O)CC2)N(C)C)cc1. The molecule has 7 heteroatoms. The fourth-order valence-corrected chi connectivity index (χ4v) is 2.55. The highest BCUT2D eigenvalue weighted by Gasteiger charge is 2.23. The first-order valence-corrected chi connectivity index (χ1v) is 7.85. The minimum atomic E-state index is -0.227. The van der Waals surface area contributed by atoms with Crippen LogP contribution in [0.15, 0.2) is 29.4 Å². The van der Waals surface area contributed by atoms with Crippen LogP contribution >= 0.6 is 0 Å². The quantitative estimate of drug-likeness (QED) is 0.844. The van der Waals surface area contributed by atoms with Crippen LogP contribution in [-0.4, -0.2) is 62.2 Å². The van der Waals surface area contributed by atoms with Crippen LogP contribution in [0, 0.1) is 0 Å². The van der Waals surface area contributed by atoms with Gasteiger partial charge in [-0.25, -0.2) is 5.01 Å². The number of hydrogen-bond donors (Lipinski definition) is 1. The largest absolute Gasteiger partial charge is 0.497 e. The van der Waals surface area contributed by atoms with Gasteiger partial charge in [-0.1, -0.05) is 12.1 Å². The van der Waals surface area contributed by atoms with Gasteiger partial charge in [0.15, 0.2) is 0 Å². The molecule has 0 bridgehead atoms. The molecule has 0 saturated heterocycles. The van der Waals surface area contributed by atoms with Crippen LogP contribution in [0.2, 0.25) is 0 Å². The zero-order chi connectivity index (χ0) is 17.7. The molecule has 130 valence electrons. The Bertz CT molecular complexity index is 625. The van der Waals surface area contributed by atoms with Crippen LogP contribution in [0.3, 0.4) is 0 Å². The molecule has 1 aromatic rings. The first-order chi connectivity index (χ1) is 11.4. The third kappa shape index (κ3) is 4.32. The van der Waals surface area contributed by atoms with Gasteiger partial charge in [-0.15, -0.1) is 0 Å². The van der Waals surface area contributed by atoms with E-state index in [-0.39, 0.29) is 17.9 Å². The first-order valence-electron chi connectivity index (χ1n) is 7.85. The summed E-state index contributed by atoms with van der Waals surface area (Å²) in [7, 11) is 7.12. The Balaban J connectivity index is 2.02. The van der Waals surface area contributed by atoms with Gasteiger partial charge in [0.1, 0.15) is 11.5 Å². The lowest BCUT2D eigenvalue weighted by molar-refractivity contribution is -0.130. The topological polar surface area (TPSA) is 74.2 Å². The second kappa shape index (κ2) is 7.92. The van der Waals surface area contributed by atoms with Gasteiger partial charge in [0, 0.05) is 26.4 Å². The van der Waals surface area contributed by atoms with Gasteiger partial charge in [-0.2, -0.15) is 5.10 Å². The van der Waals surface area contributed by atoms with Crippen molar-refractivity contribution in [3.8, 4) is 5.75 Å². The van der Waals surface area contributed by atoms with E-state index in [4.69, 9.17) is 4.74 Å². The molecule has 0 fully saturated rings. The fourth-order valence-electron chi connectivity index (χ4n) is 2.55. The number of methoxy groups -OCH3 is 1. The Morgan fingerprint density at radius 1 is 1.33 bits per heavy atom. The van der Waals surface area contributed by atoms with Crippen molar-refractivity contribution in [3.63, 3.8) is 0 Å². The van der Waals surface area contributed by atoms with Gasteiger partial charge in [-0.05, 0) is 31.8 Å². The standard InChI is InChI=1S/C17H24N4O3/c1-20(2)15(12-5-7-13(24-4)8-6-12)11-18-17(23)14-9-10-16(22)21(3)19-14/h5-8,15H,9-11H2,1-4H3,(H,18,23)/t15-/m0/s1. The van der Waals surface area contributed by atoms with E-state index in [2.05, 4.69) is 10.4 Å². The number of benzene rings is 1. The molecular formula is C17H24N4O3. The van der Waals surface area contributed by atoms with Crippen molar-refractivity contribution in [2.24, 2.45) is 5.10 Å². The van der Waals surface area contributed by atoms with Gasteiger partial charge in [0.25, 0.3) is 5.91 Å². The van der Waals surface area contributed by atoms with Gasteiger partial charge in [0.05, 0.1) is 13.2 Å². The summed E-state index contributed by atoms with van der Waals surface area (Å²) in [4.78, 5) is 25.8. The minimum absolute atomic E-state index is 0.0309. The lowest BCUT2D eigenvalue weighted by Gasteiger charge is -2.26. The summed E-state index contributed by atoms with van der Waals surface area (Å²) in [6, 6.07) is 7.81. The van der Waals surface area contributed by atoms with Crippen LogP contribution in [-0.2, 0) is 9.59 Å². The number of ether oxygens (including phenoxy) is 1. The molecule has 24 heavy (non-hydrogen) atoms. The predicted octanol–water partition coefficient (Wildman–Crippen LogP) is 1.02. The summed E-state index contributed by atoms with van der Waals surface area (Å²) in [5.74, 6) is 0.496. The Kier molecular flexibility index (Phi) is 5.92. The number of amides is 2. The predicted molar refractivity (Wildman–Crippen MR) is 91.9 cm³/mol. The molecule has 2 rings (SSSR count). The summed E-state index contributed by atoms with van der Waals surface area (Å²) in [6.45, 7) is 0.453. The third-order valence-corrected chi connectivity index (χ3v) is 4.05. The number of carbonyl (C=O) groups is 2. The second-order valence-corrected chi connectivity index (χ2v) is 5.93. The molecule has 7 nitrogen and oxygen atoms in total. The molecule has 0 aromatic heterocycles. The van der Waals surface area contributed by atoms with E-state index >= 15 is 0 Å². The van der Waals surface area contributed by atoms with Crippen molar-refractivity contribution >= 4 is 17.5 Å². The highest BCUT2D eigenvalue weighted by atomic mass is 16.5. The number of hydrogen-bond acceptors (Lipinski definition) is 5. The lowest BCUT2D eigenvalue weighted by Crippen LogP contribution is -2.41. The van der Waals surface area contributed by atoms with E-state index < -0.39 is 0 Å². The summed E-state index contributed by atoms with van der Waals surface area (Å²) in [5, 5.41) is 8.18. The molecule has 0 aliphatic carbocycles. The van der Waals surface area contributed by atoms with Crippen LogP contribution in [0.4, 0.5) is 0 Å². The Morgan fingerprint density at radius 3 is 2.54 bits per heavy atom. The van der Waals surface area contributed by atoms with Crippen LogP contribution in [0.25, 0.3) is 0 Å². The van der Waals surface area contributed by atoms with Crippen molar-refractivity contribution in [2.75, 3.05) is 34.8 Å². The summed E-state index contributed by atoms with van der Waals surface area (Å²) < 4.78 is 5.17. The van der Waals surface area contributed by atoms with Crippen molar-refractivity contribution in [1.29, 1.82) is 0 Å². The highest BCUT2D eigenvalue weighted by molar-refractivity contribution is 6.39. The zero-order valence-corrected chi connectivity index (χ0v) is 14.6. The van der Waals surface area contributed by atoms with E-state index in [9.17, 15) is 9.59 Å². The highest BCUT2D eigenvalue weighted by Crippen LogP contribution is 2.20. The van der Waals surface area contributed by atoms with Crippen molar-refractivity contribution < 1.29 is 14.3 Å². The molecule has 1 aliphatic rings. The Labute approximate surface area is 142 Å². The number of hydrazone groups is 1. The monoisotopic (exact) mass is 332 g/mol. The Hall–Kier alpha value is -2.41. The molecule has 0 spiro atoms. The van der Waals surface area contributed by atoms with Crippen molar-refractivity contribution in [2.45, 2.75) is 18.9 Å². The molecule has 0 radical (unpaired) electrons. The average molecular weight is 332 g/mol. The van der Waals surface area contributed by atoms with Crippen LogP contribution in [0.1, 0.15) is 24.4 Å². The molecular weight excluding hydrogens is 308 g/mol. The van der Waals surface area contributed by atoms with E-state index in [0.29, 0.717) is 25.1 Å². The van der Waals surface area contributed by atoms with Gasteiger partial charge >= 0.3 is 0 Å². The summed E-state index contributed by atoms with van der Waals surface area (Å²) >= 11 is 0. The molecule has 1 aliphatic heterocycles. The second-order valence-electron chi connectivity index (χ2n) is 5.93. The molecule has 2 amide bonds. The summed E-state index contributed by atoms with van der Waals surface area (Å²) in [5.41, 5.74) is 1.48. The van der Waals surface area contributed by atoms with Crippen LogP contribution in [0.5, 0.6) is 5.75 Å². The molecule has 1 N–H and O–H groups in total. The maximum absolute atomic E-state index is 12.3. The van der Waals surface area contributed by atoms with E-state index in [1.54, 1.807) is 14.2 Å². The molecule has 1 aromatic carbocycles. The van der Waals surface area contributed by atoms with E-state index in [0.717, 1.165) is 11.3 Å². The number of nitrogens with one attached hydrogen (secondary N) is 1. The Morgan fingerprint density at radius 2 is 2.00 bits per heavy atom. The molecule has 0 unspecified atom stereocenters. The van der Waals surface area contributed by atoms with Gasteiger partial charge in [0.2, 0.25) is 5.91 Å². The van der Waals surface area contributed by atoms with Gasteiger partial charge in [-0.3, -0.25) is 9.59 Å². The average Bonchev–Trinajstić information content (AvgIpc) is 2.57. The minimum Gasteiger partial charge on any atom is -0.497 e. The van der Waals surface area contributed by atoms with Crippen molar-refractivity contribution in [1.82, 2.24) is 15.2 Å². The zero-order valence-electron chi connectivity index (χ0n) is 14.6. The normalized spacial score (nSPS) is 16.0. The third-order valence-electron chi connectivity index (χ3n) is 4.05. The van der Waals surface area contributed by atoms with Crippen molar-refractivity contribution in [3.05, 3.63) is 29.8 Å².